The standard InChI is InChI=1S/C50H50F2N14O6S2/c51-30-23-28-34(65-32-9-3-5-11-38(32)73-44(65)40(41(28)68)46(70)71)25-36(30)61-15-19-63(20-16-61)49(55)59-47(53)57-13-7-1-2-8-14-58-48(54)60-50(56)64-21-17-62(18-22-64)37-26-35-29(24-31(37)52)42(69)43(72-27-67)45-66(35)33-10-4-6-12-39(33)74-45/h3-6,9-12,23-27H,1-2,7-8,13-22H2,(H,70,71)(H4,53,55,57,59)(H4,54,56,58,60). The van der Waals surface area contributed by atoms with Gasteiger partial charge in [-0.05, 0) is 61.4 Å². The van der Waals surface area contributed by atoms with Crippen molar-refractivity contribution >= 4 is 122 Å². The number of hydrogen-bond acceptors (Lipinski definition) is 11. The van der Waals surface area contributed by atoms with Crippen LogP contribution >= 0.6 is 22.7 Å². The van der Waals surface area contributed by atoms with Crippen LogP contribution in [-0.4, -0.2) is 125 Å². The first-order valence-electron chi connectivity index (χ1n) is 23.8. The van der Waals surface area contributed by atoms with Crippen molar-refractivity contribution in [3.05, 3.63) is 110 Å². The lowest BCUT2D eigenvalue weighted by molar-refractivity contribution is -0.120. The van der Waals surface area contributed by atoms with Crippen molar-refractivity contribution in [2.24, 2.45) is 42.9 Å². The highest BCUT2D eigenvalue weighted by atomic mass is 32.1. The van der Waals surface area contributed by atoms with Gasteiger partial charge >= 0.3 is 5.97 Å². The number of nitrogens with zero attached hydrogens (tertiary/aromatic N) is 10. The third kappa shape index (κ3) is 9.32. The van der Waals surface area contributed by atoms with Gasteiger partial charge in [-0.1, -0.05) is 37.1 Å². The maximum Gasteiger partial charge on any atom is 0.342 e. The van der Waals surface area contributed by atoms with Gasteiger partial charge < -0.3 is 52.4 Å². The number of halogens is 2. The number of para-hydroxylation sites is 2. The molecule has 2 aliphatic heterocycles. The van der Waals surface area contributed by atoms with E-state index >= 15 is 8.78 Å². The number of guanidine groups is 4. The number of hydrogen-bond donors (Lipinski definition) is 5. The van der Waals surface area contributed by atoms with Crippen LogP contribution in [0.15, 0.2) is 102 Å². The summed E-state index contributed by atoms with van der Waals surface area (Å²) in [5.74, 6) is -2.21. The number of anilines is 2. The predicted octanol–water partition coefficient (Wildman–Crippen LogP) is 4.92. The second-order valence-corrected chi connectivity index (χ2v) is 19.8. The minimum atomic E-state index is -1.36. The summed E-state index contributed by atoms with van der Waals surface area (Å²) in [5, 5.41) is 10.0. The van der Waals surface area contributed by atoms with Gasteiger partial charge in [0.1, 0.15) is 26.9 Å². The van der Waals surface area contributed by atoms with E-state index in [0.29, 0.717) is 87.0 Å². The summed E-state index contributed by atoms with van der Waals surface area (Å²) in [7, 11) is 0. The van der Waals surface area contributed by atoms with Crippen molar-refractivity contribution in [2.45, 2.75) is 25.7 Å². The maximum absolute atomic E-state index is 15.8. The first kappa shape index (κ1) is 49.2. The van der Waals surface area contributed by atoms with Crippen molar-refractivity contribution in [2.75, 3.05) is 75.2 Å². The number of carbonyl (C=O) groups is 2. The molecule has 6 heterocycles. The molecule has 2 saturated heterocycles. The molecular weight excluding hydrogens is 995 g/mol. The van der Waals surface area contributed by atoms with Crippen molar-refractivity contribution in [1.29, 1.82) is 0 Å². The van der Waals surface area contributed by atoms with Crippen molar-refractivity contribution in [3.63, 3.8) is 0 Å². The van der Waals surface area contributed by atoms with E-state index in [0.717, 1.165) is 52.2 Å². The summed E-state index contributed by atoms with van der Waals surface area (Å²) in [6, 6.07) is 20.5. The Morgan fingerprint density at radius 1 is 0.622 bits per heavy atom. The Bertz CT molecular complexity index is 3800. The molecule has 24 heteroatoms. The van der Waals surface area contributed by atoms with Crippen LogP contribution < -0.4 is 48.3 Å². The maximum atomic E-state index is 15.8. The average Bonchev–Trinajstić information content (AvgIpc) is 3.98. The van der Waals surface area contributed by atoms with E-state index in [9.17, 15) is 24.3 Å². The Balaban J connectivity index is 0.676. The molecular formula is C50H50F2N14O6S2. The normalized spacial score (nSPS) is 15.5. The predicted molar refractivity (Wildman–Crippen MR) is 289 cm³/mol. The Hall–Kier alpha value is -8.38. The fourth-order valence-electron chi connectivity index (χ4n) is 9.64. The van der Waals surface area contributed by atoms with Crippen molar-refractivity contribution in [1.82, 2.24) is 18.6 Å². The minimum Gasteiger partial charge on any atom is -0.477 e. The van der Waals surface area contributed by atoms with Crippen LogP contribution in [0.5, 0.6) is 5.75 Å². The third-order valence-electron chi connectivity index (χ3n) is 13.3. The molecule has 2 aliphatic rings. The molecule has 8 aromatic rings. The molecule has 0 atom stereocenters. The molecule has 382 valence electrons. The van der Waals surface area contributed by atoms with Crippen molar-refractivity contribution < 1.29 is 28.2 Å². The molecule has 4 aromatic heterocycles. The molecule has 20 nitrogen and oxygen atoms in total. The molecule has 74 heavy (non-hydrogen) atoms. The Kier molecular flexibility index (Phi) is 13.7. The molecule has 0 radical (unpaired) electrons. The Morgan fingerprint density at radius 2 is 1.07 bits per heavy atom. The number of carboxylic acid groups (broad SMARTS) is 1. The van der Waals surface area contributed by atoms with Crippen LogP contribution in [-0.2, 0) is 4.79 Å². The topological polar surface area (TPSA) is 273 Å². The number of carbonyl (C=O) groups excluding carboxylic acids is 1. The molecule has 2 fully saturated rings. The summed E-state index contributed by atoms with van der Waals surface area (Å²) in [5.41, 5.74) is 26.3. The highest BCUT2D eigenvalue weighted by Crippen LogP contribution is 2.37. The highest BCUT2D eigenvalue weighted by molar-refractivity contribution is 7.24. The second-order valence-electron chi connectivity index (χ2n) is 17.7. The first-order chi connectivity index (χ1) is 35.8. The summed E-state index contributed by atoms with van der Waals surface area (Å²) in [6.07, 6.45) is 3.23. The fraction of sp³-hybridized carbons (Fsp3) is 0.280. The number of fused-ring (bicyclic) bond motifs is 10. The number of aliphatic imine (C=N–C) groups is 4. The number of pyridine rings is 2. The summed E-state index contributed by atoms with van der Waals surface area (Å²) in [6.45, 7) is 4.42. The Morgan fingerprint density at radius 3 is 1.54 bits per heavy atom. The lowest BCUT2D eigenvalue weighted by atomic mass is 10.1. The number of ether oxygens (including phenoxy) is 1. The van der Waals surface area contributed by atoms with Gasteiger partial charge in [0.25, 0.3) is 6.47 Å². The number of aromatic nitrogens is 2. The van der Waals surface area contributed by atoms with Crippen LogP contribution in [0.25, 0.3) is 51.9 Å². The van der Waals surface area contributed by atoms with Gasteiger partial charge in [0, 0.05) is 65.4 Å². The third-order valence-corrected chi connectivity index (χ3v) is 15.6. The molecule has 0 amide bonds. The number of aromatic carboxylic acids is 1. The van der Waals surface area contributed by atoms with E-state index in [-0.39, 0.29) is 62.9 Å². The van der Waals surface area contributed by atoms with Crippen molar-refractivity contribution in [3.8, 4) is 5.75 Å². The monoisotopic (exact) mass is 1040 g/mol. The van der Waals surface area contributed by atoms with E-state index in [1.54, 1.807) is 16.5 Å². The van der Waals surface area contributed by atoms with Gasteiger partial charge in [-0.25, -0.2) is 13.6 Å². The van der Waals surface area contributed by atoms with E-state index in [1.165, 1.54) is 28.7 Å². The van der Waals surface area contributed by atoms with Crippen LogP contribution in [0.1, 0.15) is 36.0 Å². The number of benzene rings is 4. The molecule has 0 spiro atoms. The van der Waals surface area contributed by atoms with E-state index < -0.39 is 28.5 Å². The number of thiazole rings is 2. The smallest absolute Gasteiger partial charge is 0.342 e. The Labute approximate surface area is 427 Å². The first-order valence-corrected chi connectivity index (χ1v) is 25.4. The van der Waals surface area contributed by atoms with E-state index in [2.05, 4.69) is 20.0 Å². The zero-order valence-corrected chi connectivity index (χ0v) is 41.4. The number of nitrogens with two attached hydrogens (primary N) is 4. The molecule has 0 saturated carbocycles. The molecule has 0 bridgehead atoms. The quantitative estimate of drug-likeness (QED) is 0.0471. The minimum absolute atomic E-state index is 0.00952. The summed E-state index contributed by atoms with van der Waals surface area (Å²) >= 11 is 2.51. The lowest BCUT2D eigenvalue weighted by Gasteiger charge is -2.36. The van der Waals surface area contributed by atoms with Gasteiger partial charge in [0.05, 0.1) is 53.6 Å². The SMILES string of the molecule is NC(=NCCCCCCN=C(N)/N=C(\N)N1CCN(c2cc3c(cc2F)c(=O)c(C(=O)O)c2sc4ccccc4n23)CC1)/N=C(\N)N1CCN(c2cc3c(cc2F)c(=O)c(OC=O)c2sc4ccccc4n23)CC1. The lowest BCUT2D eigenvalue weighted by Crippen LogP contribution is -2.51. The summed E-state index contributed by atoms with van der Waals surface area (Å²) in [4.78, 5) is 75.9. The number of rotatable bonds is 12. The number of unbranched alkanes of at least 4 members (excludes halogenated alkanes) is 3. The van der Waals surface area contributed by atoms with Crippen LogP contribution in [0.2, 0.25) is 0 Å². The van der Waals surface area contributed by atoms with Gasteiger partial charge in [0.15, 0.2) is 11.9 Å². The second kappa shape index (κ2) is 20.6. The zero-order valence-electron chi connectivity index (χ0n) is 39.7. The average molecular weight is 1050 g/mol. The van der Waals surface area contributed by atoms with Gasteiger partial charge in [-0.15, -0.1) is 22.7 Å². The molecule has 0 unspecified atom stereocenters. The summed E-state index contributed by atoms with van der Waals surface area (Å²) < 4.78 is 41.8. The molecule has 0 aliphatic carbocycles. The van der Waals surface area contributed by atoms with Crippen LogP contribution in [0.4, 0.5) is 20.2 Å². The van der Waals surface area contributed by atoms with Crippen LogP contribution in [0, 0.1) is 11.6 Å². The fourth-order valence-corrected chi connectivity index (χ4v) is 12.0. The number of piperazine rings is 2. The largest absolute Gasteiger partial charge is 0.477 e. The van der Waals surface area contributed by atoms with E-state index in [4.69, 9.17) is 27.7 Å². The van der Waals surface area contributed by atoms with E-state index in [1.807, 2.05) is 72.5 Å². The van der Waals surface area contributed by atoms with Gasteiger partial charge in [0.2, 0.25) is 28.5 Å². The van der Waals surface area contributed by atoms with Crippen LogP contribution in [0.3, 0.4) is 0 Å². The van der Waals surface area contributed by atoms with Gasteiger partial charge in [-0.2, -0.15) is 9.98 Å². The zero-order chi connectivity index (χ0) is 51.8. The molecule has 10 rings (SSSR count). The highest BCUT2D eigenvalue weighted by Gasteiger charge is 2.28. The van der Waals surface area contributed by atoms with Gasteiger partial charge in [-0.3, -0.25) is 33.2 Å². The molecule has 9 N–H and O–H groups in total. The number of carboxylic acids is 1. The molecule has 4 aromatic carbocycles.